The highest BCUT2D eigenvalue weighted by Crippen LogP contribution is 2.70. The number of carbonyl (C=O) groups excluding carboxylic acids is 2. The monoisotopic (exact) mass is 404 g/mol. The molecule has 4 fully saturated rings. The molecule has 0 amide bonds. The van der Waals surface area contributed by atoms with Crippen LogP contribution in [0.2, 0.25) is 0 Å². The van der Waals surface area contributed by atoms with E-state index in [0.29, 0.717) is 38.7 Å². The number of aliphatic hydroxyl groups excluding tert-OH is 1. The molecule has 1 unspecified atom stereocenters. The molecule has 5 aliphatic rings. The van der Waals surface area contributed by atoms with E-state index in [1.165, 1.54) is 0 Å². The van der Waals surface area contributed by atoms with Crippen LogP contribution in [-0.2, 0) is 14.3 Å². The predicted molar refractivity (Wildman–Crippen MR) is 104 cm³/mol. The van der Waals surface area contributed by atoms with Gasteiger partial charge in [-0.2, -0.15) is 0 Å². The molecule has 4 aliphatic carbocycles. The number of rotatable bonds is 2. The van der Waals surface area contributed by atoms with Crippen molar-refractivity contribution < 1.29 is 29.6 Å². The first kappa shape index (κ1) is 19.7. The van der Waals surface area contributed by atoms with Crippen LogP contribution in [0.3, 0.4) is 0 Å². The Morgan fingerprint density at radius 2 is 1.83 bits per heavy atom. The van der Waals surface area contributed by atoms with Crippen LogP contribution in [0.5, 0.6) is 0 Å². The van der Waals surface area contributed by atoms with Gasteiger partial charge in [-0.05, 0) is 74.7 Å². The Hall–Kier alpha value is -1.24. The molecule has 4 saturated carbocycles. The van der Waals surface area contributed by atoms with Gasteiger partial charge in [-0.25, -0.2) is 4.79 Å². The van der Waals surface area contributed by atoms with E-state index in [-0.39, 0.29) is 35.6 Å². The summed E-state index contributed by atoms with van der Waals surface area (Å²) in [5, 5.41) is 33.7. The lowest BCUT2D eigenvalue weighted by Crippen LogP contribution is -2.68. The van der Waals surface area contributed by atoms with Gasteiger partial charge in [0.1, 0.15) is 12.9 Å². The second kappa shape index (κ2) is 6.14. The number of aliphatic hydroxyl groups is 3. The molecule has 0 aromatic rings. The molecule has 29 heavy (non-hydrogen) atoms. The number of fused-ring (bicyclic) bond motifs is 5. The normalized spacial score (nSPS) is 54.1. The number of hydrogen-bond donors (Lipinski definition) is 3. The molecule has 8 atom stereocenters. The molecule has 0 bridgehead atoms. The Labute approximate surface area is 171 Å². The lowest BCUT2D eigenvalue weighted by atomic mass is 9.41. The standard InChI is InChI=1S/C23H32O6/c1-20-6-3-17-18(4-8-22(27)11-15(25)2-7-21(17,22)13-24)23(20,28)9-5-16(20)14-10-19(26)29-12-14/h10,13,15-18,25,27-28H,2-9,11-12H2,1H3/t15-,16+,17?,18+,20+,21-,22-,23-/m1/s1. The minimum atomic E-state index is -1.18. The zero-order chi connectivity index (χ0) is 20.7. The third kappa shape index (κ3) is 2.34. The van der Waals surface area contributed by atoms with Crippen LogP contribution in [0.4, 0.5) is 0 Å². The van der Waals surface area contributed by atoms with Crippen molar-refractivity contribution >= 4 is 12.3 Å². The van der Waals surface area contributed by atoms with E-state index in [1.54, 1.807) is 6.08 Å². The summed E-state index contributed by atoms with van der Waals surface area (Å²) >= 11 is 0. The Balaban J connectivity index is 1.52. The smallest absolute Gasteiger partial charge is 0.331 e. The first-order valence-electron chi connectivity index (χ1n) is 11.2. The van der Waals surface area contributed by atoms with Gasteiger partial charge in [0.05, 0.1) is 22.7 Å². The van der Waals surface area contributed by atoms with E-state index in [1.807, 2.05) is 0 Å². The molecule has 1 heterocycles. The quantitative estimate of drug-likeness (QED) is 0.480. The molecule has 0 aromatic heterocycles. The Kier molecular flexibility index (Phi) is 4.18. The molecule has 1 aliphatic heterocycles. The van der Waals surface area contributed by atoms with Gasteiger partial charge in [0, 0.05) is 17.9 Å². The van der Waals surface area contributed by atoms with Gasteiger partial charge >= 0.3 is 5.97 Å². The van der Waals surface area contributed by atoms with Gasteiger partial charge in [-0.15, -0.1) is 0 Å². The van der Waals surface area contributed by atoms with Crippen molar-refractivity contribution in [3.63, 3.8) is 0 Å². The van der Waals surface area contributed by atoms with Crippen molar-refractivity contribution in [3.8, 4) is 0 Å². The minimum absolute atomic E-state index is 0.0504. The fourth-order valence-corrected chi connectivity index (χ4v) is 8.34. The maximum absolute atomic E-state index is 12.5. The highest BCUT2D eigenvalue weighted by atomic mass is 16.5. The number of cyclic esters (lactones) is 1. The lowest BCUT2D eigenvalue weighted by molar-refractivity contribution is -0.248. The summed E-state index contributed by atoms with van der Waals surface area (Å²) in [6.45, 7) is 2.46. The van der Waals surface area contributed by atoms with Crippen LogP contribution in [-0.4, -0.2) is 51.5 Å². The lowest BCUT2D eigenvalue weighted by Gasteiger charge is -2.65. The summed E-state index contributed by atoms with van der Waals surface area (Å²) in [6, 6.07) is 0. The number of carbonyl (C=O) groups is 2. The third-order valence-electron chi connectivity index (χ3n) is 9.85. The summed E-state index contributed by atoms with van der Waals surface area (Å²) in [6.07, 6.45) is 7.36. The zero-order valence-corrected chi connectivity index (χ0v) is 17.1. The number of aldehydes is 1. The number of ether oxygens (including phenoxy) is 1. The van der Waals surface area contributed by atoms with Crippen LogP contribution in [0, 0.1) is 28.6 Å². The Morgan fingerprint density at radius 3 is 2.52 bits per heavy atom. The summed E-state index contributed by atoms with van der Waals surface area (Å²) in [5.74, 6) is -0.304. The van der Waals surface area contributed by atoms with Crippen molar-refractivity contribution in [1.82, 2.24) is 0 Å². The molecule has 3 N–H and O–H groups in total. The first-order valence-corrected chi connectivity index (χ1v) is 11.2. The largest absolute Gasteiger partial charge is 0.458 e. The second-order valence-corrected chi connectivity index (χ2v) is 10.6. The zero-order valence-electron chi connectivity index (χ0n) is 17.1. The van der Waals surface area contributed by atoms with Crippen molar-refractivity contribution in [1.29, 1.82) is 0 Å². The van der Waals surface area contributed by atoms with Gasteiger partial charge < -0.3 is 24.9 Å². The van der Waals surface area contributed by atoms with Crippen molar-refractivity contribution in [2.24, 2.45) is 28.6 Å². The topological polar surface area (TPSA) is 104 Å². The van der Waals surface area contributed by atoms with Gasteiger partial charge in [0.2, 0.25) is 0 Å². The molecule has 5 rings (SSSR count). The van der Waals surface area contributed by atoms with Gasteiger partial charge in [0.15, 0.2) is 0 Å². The molecule has 0 radical (unpaired) electrons. The van der Waals surface area contributed by atoms with E-state index in [2.05, 4.69) is 6.92 Å². The predicted octanol–water partition coefficient (Wildman–Crippen LogP) is 1.90. The van der Waals surface area contributed by atoms with E-state index in [9.17, 15) is 24.9 Å². The molecule has 0 saturated heterocycles. The Bertz CT molecular complexity index is 777. The average Bonchev–Trinajstić information content (AvgIpc) is 3.21. The van der Waals surface area contributed by atoms with Gasteiger partial charge in [-0.3, -0.25) is 0 Å². The fourth-order valence-electron chi connectivity index (χ4n) is 8.34. The van der Waals surface area contributed by atoms with Crippen LogP contribution >= 0.6 is 0 Å². The van der Waals surface area contributed by atoms with Crippen LogP contribution in [0.1, 0.15) is 64.7 Å². The maximum atomic E-state index is 12.5. The number of hydrogen-bond acceptors (Lipinski definition) is 6. The maximum Gasteiger partial charge on any atom is 0.331 e. The van der Waals surface area contributed by atoms with Gasteiger partial charge in [-0.1, -0.05) is 6.92 Å². The molecule has 160 valence electrons. The first-order chi connectivity index (χ1) is 13.7. The summed E-state index contributed by atoms with van der Waals surface area (Å²) < 4.78 is 5.15. The second-order valence-electron chi connectivity index (χ2n) is 10.6. The van der Waals surface area contributed by atoms with Crippen LogP contribution in [0.25, 0.3) is 0 Å². The minimum Gasteiger partial charge on any atom is -0.458 e. The van der Waals surface area contributed by atoms with Crippen LogP contribution < -0.4 is 0 Å². The summed E-state index contributed by atoms with van der Waals surface area (Å²) in [5.41, 5.74) is -2.34. The molecule has 0 spiro atoms. The van der Waals surface area contributed by atoms with Crippen molar-refractivity contribution in [2.75, 3.05) is 6.61 Å². The Morgan fingerprint density at radius 1 is 1.07 bits per heavy atom. The molecular weight excluding hydrogens is 372 g/mol. The molecule has 0 aromatic carbocycles. The van der Waals surface area contributed by atoms with Crippen molar-refractivity contribution in [2.45, 2.75) is 82.0 Å². The van der Waals surface area contributed by atoms with E-state index >= 15 is 0 Å². The number of esters is 1. The SMILES string of the molecule is C[C@@]12CCC3[C@H](CC[C@@]4(O)C[C@H](O)CC[C@@]34C=O)[C@]1(O)CC[C@H]2C1=CC(=O)OC1. The van der Waals surface area contributed by atoms with Crippen molar-refractivity contribution in [3.05, 3.63) is 11.6 Å². The average molecular weight is 405 g/mol. The van der Waals surface area contributed by atoms with Gasteiger partial charge in [0.25, 0.3) is 0 Å². The molecule has 6 nitrogen and oxygen atoms in total. The third-order valence-corrected chi connectivity index (χ3v) is 9.85. The summed E-state index contributed by atoms with van der Waals surface area (Å²) in [4.78, 5) is 24.1. The van der Waals surface area contributed by atoms with E-state index in [4.69, 9.17) is 4.74 Å². The molecular formula is C23H32O6. The van der Waals surface area contributed by atoms with E-state index in [0.717, 1.165) is 31.1 Å². The highest BCUT2D eigenvalue weighted by Gasteiger charge is 2.71. The molecule has 6 heteroatoms. The fraction of sp³-hybridized carbons (Fsp3) is 0.826. The highest BCUT2D eigenvalue weighted by molar-refractivity contribution is 5.85. The van der Waals surface area contributed by atoms with Crippen LogP contribution in [0.15, 0.2) is 11.6 Å². The van der Waals surface area contributed by atoms with E-state index < -0.39 is 22.7 Å². The summed E-state index contributed by atoms with van der Waals surface area (Å²) in [7, 11) is 0.